The fourth-order valence-electron chi connectivity index (χ4n) is 4.20. The van der Waals surface area contributed by atoms with Crippen molar-refractivity contribution in [1.82, 2.24) is 4.90 Å². The molecule has 2 aromatic rings. The van der Waals surface area contributed by atoms with E-state index in [2.05, 4.69) is 0 Å². The third kappa shape index (κ3) is 3.38. The number of aryl methyl sites for hydroxylation is 1. The summed E-state index contributed by atoms with van der Waals surface area (Å²) in [6.45, 7) is 0.463. The first kappa shape index (κ1) is 18.2. The lowest BCUT2D eigenvalue weighted by atomic mass is 9.89. The molecule has 0 saturated carbocycles. The molecule has 2 heterocycles. The standard InChI is InChI=1S/C22H22N2O4/c25-20-11-10-16-8-4-5-9-19(16)24(20)14-21(26)23-12-17(18(13-23)22(27)28)15-6-2-1-3-7-15/h1-9,17-18H,10-14H2,(H,27,28)/t17-,18-/m1/s1. The van der Waals surface area contributed by atoms with Gasteiger partial charge in [0.05, 0.1) is 5.92 Å². The number of nitrogens with zero attached hydrogens (tertiary/aromatic N) is 2. The summed E-state index contributed by atoms with van der Waals surface area (Å²) in [5.41, 5.74) is 2.76. The van der Waals surface area contributed by atoms with Gasteiger partial charge >= 0.3 is 5.97 Å². The number of rotatable bonds is 4. The highest BCUT2D eigenvalue weighted by atomic mass is 16.4. The maximum absolute atomic E-state index is 13.0. The Morgan fingerprint density at radius 1 is 0.964 bits per heavy atom. The molecule has 0 aromatic heterocycles. The fourth-order valence-corrected chi connectivity index (χ4v) is 4.20. The number of likely N-dealkylation sites (tertiary alicyclic amines) is 1. The number of amides is 2. The minimum atomic E-state index is -0.899. The predicted molar refractivity (Wildman–Crippen MR) is 104 cm³/mol. The molecule has 28 heavy (non-hydrogen) atoms. The minimum Gasteiger partial charge on any atom is -0.481 e. The number of fused-ring (bicyclic) bond motifs is 1. The van der Waals surface area contributed by atoms with E-state index >= 15 is 0 Å². The number of benzene rings is 2. The summed E-state index contributed by atoms with van der Waals surface area (Å²) < 4.78 is 0. The van der Waals surface area contributed by atoms with Gasteiger partial charge in [0.15, 0.2) is 0 Å². The Labute approximate surface area is 163 Å². The maximum Gasteiger partial charge on any atom is 0.308 e. The molecule has 1 saturated heterocycles. The van der Waals surface area contributed by atoms with Crippen molar-refractivity contribution in [3.63, 3.8) is 0 Å². The highest BCUT2D eigenvalue weighted by Crippen LogP contribution is 2.33. The number of para-hydroxylation sites is 1. The zero-order valence-electron chi connectivity index (χ0n) is 15.5. The summed E-state index contributed by atoms with van der Waals surface area (Å²) in [4.78, 5) is 40.3. The average molecular weight is 378 g/mol. The van der Waals surface area contributed by atoms with Crippen molar-refractivity contribution in [1.29, 1.82) is 0 Å². The third-order valence-corrected chi connectivity index (χ3v) is 5.70. The van der Waals surface area contributed by atoms with Crippen LogP contribution in [0.1, 0.15) is 23.5 Å². The summed E-state index contributed by atoms with van der Waals surface area (Å²) in [7, 11) is 0. The van der Waals surface area contributed by atoms with E-state index in [0.29, 0.717) is 19.4 Å². The van der Waals surface area contributed by atoms with Crippen LogP contribution in [0.4, 0.5) is 5.69 Å². The van der Waals surface area contributed by atoms with Gasteiger partial charge in [-0.25, -0.2) is 0 Å². The Kier molecular flexibility index (Phi) is 4.86. The molecule has 2 amide bonds. The van der Waals surface area contributed by atoms with E-state index in [4.69, 9.17) is 0 Å². The van der Waals surface area contributed by atoms with Crippen LogP contribution in [-0.2, 0) is 20.8 Å². The number of carboxylic acid groups (broad SMARTS) is 1. The highest BCUT2D eigenvalue weighted by molar-refractivity contribution is 6.01. The second-order valence-corrected chi connectivity index (χ2v) is 7.37. The first-order valence-corrected chi connectivity index (χ1v) is 9.48. The van der Waals surface area contributed by atoms with Gasteiger partial charge in [-0.15, -0.1) is 0 Å². The van der Waals surface area contributed by atoms with Crippen molar-refractivity contribution in [3.8, 4) is 0 Å². The number of hydrogen-bond donors (Lipinski definition) is 1. The van der Waals surface area contributed by atoms with Crippen LogP contribution in [0.5, 0.6) is 0 Å². The largest absolute Gasteiger partial charge is 0.481 e. The number of carboxylic acids is 1. The monoisotopic (exact) mass is 378 g/mol. The SMILES string of the molecule is O=C(O)[C@@H]1CN(C(=O)CN2C(=O)CCc3ccccc32)C[C@@H]1c1ccccc1. The van der Waals surface area contributed by atoms with Gasteiger partial charge in [0, 0.05) is 31.1 Å². The molecule has 1 N–H and O–H groups in total. The average Bonchev–Trinajstić information content (AvgIpc) is 3.17. The quantitative estimate of drug-likeness (QED) is 0.886. The topological polar surface area (TPSA) is 77.9 Å². The predicted octanol–water partition coefficient (Wildman–Crippen LogP) is 2.29. The fraction of sp³-hybridized carbons (Fsp3) is 0.318. The Bertz CT molecular complexity index is 912. The zero-order chi connectivity index (χ0) is 19.7. The normalized spacial score (nSPS) is 21.5. The molecule has 6 heteroatoms. The van der Waals surface area contributed by atoms with Gasteiger partial charge in [0.25, 0.3) is 0 Å². The molecule has 4 rings (SSSR count). The van der Waals surface area contributed by atoms with E-state index in [0.717, 1.165) is 16.8 Å². The maximum atomic E-state index is 13.0. The second kappa shape index (κ2) is 7.46. The van der Waals surface area contributed by atoms with Crippen LogP contribution in [-0.4, -0.2) is 47.4 Å². The van der Waals surface area contributed by atoms with Crippen LogP contribution in [0.15, 0.2) is 54.6 Å². The molecular formula is C22H22N2O4. The van der Waals surface area contributed by atoms with E-state index in [-0.39, 0.29) is 30.8 Å². The Morgan fingerprint density at radius 2 is 1.68 bits per heavy atom. The minimum absolute atomic E-state index is 0.0519. The van der Waals surface area contributed by atoms with Gasteiger partial charge in [-0.05, 0) is 23.6 Å². The molecule has 2 aliphatic heterocycles. The molecule has 2 atom stereocenters. The van der Waals surface area contributed by atoms with Crippen molar-refractivity contribution in [3.05, 3.63) is 65.7 Å². The zero-order valence-corrected chi connectivity index (χ0v) is 15.5. The molecular weight excluding hydrogens is 356 g/mol. The van der Waals surface area contributed by atoms with E-state index in [1.165, 1.54) is 4.90 Å². The van der Waals surface area contributed by atoms with E-state index < -0.39 is 11.9 Å². The van der Waals surface area contributed by atoms with E-state index in [1.807, 2.05) is 54.6 Å². The highest BCUT2D eigenvalue weighted by Gasteiger charge is 2.41. The lowest BCUT2D eigenvalue weighted by molar-refractivity contribution is -0.142. The van der Waals surface area contributed by atoms with Crippen LogP contribution in [0, 0.1) is 5.92 Å². The Balaban J connectivity index is 1.53. The summed E-state index contributed by atoms with van der Waals surface area (Å²) in [6.07, 6.45) is 1.06. The lowest BCUT2D eigenvalue weighted by Gasteiger charge is -2.30. The first-order chi connectivity index (χ1) is 13.5. The molecule has 2 aromatic carbocycles. The summed E-state index contributed by atoms with van der Waals surface area (Å²) >= 11 is 0. The van der Waals surface area contributed by atoms with Gasteiger partial charge in [-0.2, -0.15) is 0 Å². The smallest absolute Gasteiger partial charge is 0.308 e. The number of hydrogen-bond acceptors (Lipinski definition) is 3. The van der Waals surface area contributed by atoms with Crippen LogP contribution in [0.25, 0.3) is 0 Å². The molecule has 0 spiro atoms. The van der Waals surface area contributed by atoms with Crippen molar-refractivity contribution in [2.75, 3.05) is 24.5 Å². The van der Waals surface area contributed by atoms with Crippen LogP contribution < -0.4 is 4.90 Å². The number of carbonyl (C=O) groups excluding carboxylic acids is 2. The first-order valence-electron chi connectivity index (χ1n) is 9.48. The number of anilines is 1. The number of aliphatic carboxylic acids is 1. The van der Waals surface area contributed by atoms with Gasteiger partial charge in [0.2, 0.25) is 11.8 Å². The molecule has 0 aliphatic carbocycles. The van der Waals surface area contributed by atoms with Gasteiger partial charge in [0.1, 0.15) is 6.54 Å². The summed E-state index contributed by atoms with van der Waals surface area (Å²) in [6, 6.07) is 17.1. The van der Waals surface area contributed by atoms with Crippen LogP contribution in [0.2, 0.25) is 0 Å². The second-order valence-electron chi connectivity index (χ2n) is 7.37. The Hall–Kier alpha value is -3.15. The Morgan fingerprint density at radius 3 is 2.43 bits per heavy atom. The third-order valence-electron chi connectivity index (χ3n) is 5.70. The van der Waals surface area contributed by atoms with Gasteiger partial charge in [-0.1, -0.05) is 48.5 Å². The van der Waals surface area contributed by atoms with Gasteiger partial charge in [-0.3, -0.25) is 14.4 Å². The summed E-state index contributed by atoms with van der Waals surface area (Å²) in [5.74, 6) is -2.07. The van der Waals surface area contributed by atoms with Crippen LogP contribution >= 0.6 is 0 Å². The van der Waals surface area contributed by atoms with Crippen molar-refractivity contribution < 1.29 is 19.5 Å². The lowest BCUT2D eigenvalue weighted by Crippen LogP contribution is -2.44. The molecule has 0 unspecified atom stereocenters. The molecule has 144 valence electrons. The van der Waals surface area contributed by atoms with Crippen molar-refractivity contribution in [2.24, 2.45) is 5.92 Å². The van der Waals surface area contributed by atoms with Gasteiger partial charge < -0.3 is 14.9 Å². The van der Waals surface area contributed by atoms with Crippen molar-refractivity contribution in [2.45, 2.75) is 18.8 Å². The molecule has 0 radical (unpaired) electrons. The molecule has 2 aliphatic rings. The molecule has 6 nitrogen and oxygen atoms in total. The number of carbonyl (C=O) groups is 3. The van der Waals surface area contributed by atoms with E-state index in [9.17, 15) is 19.5 Å². The van der Waals surface area contributed by atoms with E-state index in [1.54, 1.807) is 4.90 Å². The molecule has 0 bridgehead atoms. The summed E-state index contributed by atoms with van der Waals surface area (Å²) in [5, 5.41) is 9.64. The van der Waals surface area contributed by atoms with Crippen molar-refractivity contribution >= 4 is 23.5 Å². The van der Waals surface area contributed by atoms with Crippen LogP contribution in [0.3, 0.4) is 0 Å². The molecule has 1 fully saturated rings.